The topological polar surface area (TPSA) is 166 Å². The van der Waals surface area contributed by atoms with Crippen molar-refractivity contribution in [2.24, 2.45) is 11.3 Å². The van der Waals surface area contributed by atoms with Crippen molar-refractivity contribution in [3.05, 3.63) is 83.0 Å². The first-order valence-electron chi connectivity index (χ1n) is 21.7. The molecular weight excluding hydrogens is 862 g/mol. The highest BCUT2D eigenvalue weighted by molar-refractivity contribution is 8.45. The van der Waals surface area contributed by atoms with E-state index in [0.29, 0.717) is 22.5 Å². The van der Waals surface area contributed by atoms with Crippen molar-refractivity contribution < 1.29 is 48.5 Å². The first-order valence-corrected chi connectivity index (χ1v) is 23.6. The predicted octanol–water partition coefficient (Wildman–Crippen LogP) is 8.66. The minimum atomic E-state index is -10.0. The molecule has 64 heavy (non-hydrogen) atoms. The number of imide groups is 2. The van der Waals surface area contributed by atoms with Crippen molar-refractivity contribution in [3.63, 3.8) is 0 Å². The molecule has 0 bridgehead atoms. The summed E-state index contributed by atoms with van der Waals surface area (Å²) in [5, 5.41) is 24.7. The molecule has 13 nitrogen and oxygen atoms in total. The zero-order valence-electron chi connectivity index (χ0n) is 35.4. The van der Waals surface area contributed by atoms with E-state index in [1.807, 2.05) is 10.9 Å². The monoisotopic (exact) mass is 911 g/mol. The third-order valence-electron chi connectivity index (χ3n) is 13.9. The molecule has 2 saturated heterocycles. The fraction of sp³-hybridized carbons (Fsp3) is 0.467. The molecule has 4 heterocycles. The van der Waals surface area contributed by atoms with Gasteiger partial charge in [-0.15, -0.1) is 0 Å². The molecule has 1 spiro atoms. The number of rotatable bonds is 10. The van der Waals surface area contributed by atoms with Crippen molar-refractivity contribution in [2.75, 3.05) is 30.3 Å². The van der Waals surface area contributed by atoms with Crippen LogP contribution in [-0.4, -0.2) is 85.9 Å². The minimum Gasteiger partial charge on any atom is -0.386 e. The smallest absolute Gasteiger partial charge is 0.310 e. The summed E-state index contributed by atoms with van der Waals surface area (Å²) in [5.41, 5.74) is 0.184. The van der Waals surface area contributed by atoms with Gasteiger partial charge in [-0.1, -0.05) is 31.6 Å². The van der Waals surface area contributed by atoms with Gasteiger partial charge in [-0.3, -0.25) is 38.9 Å². The lowest BCUT2D eigenvalue weighted by Gasteiger charge is -2.53. The lowest BCUT2D eigenvalue weighted by atomic mass is 9.60. The quantitative estimate of drug-likeness (QED) is 0.0900. The van der Waals surface area contributed by atoms with Crippen LogP contribution in [-0.2, 0) is 15.2 Å². The average molecular weight is 912 g/mol. The van der Waals surface area contributed by atoms with Crippen molar-refractivity contribution in [1.82, 2.24) is 24.9 Å². The van der Waals surface area contributed by atoms with Gasteiger partial charge >= 0.3 is 10.2 Å². The zero-order chi connectivity index (χ0) is 45.6. The number of carbonyl (C=O) groups is 5. The second kappa shape index (κ2) is 14.8. The van der Waals surface area contributed by atoms with Crippen LogP contribution in [0, 0.1) is 11.3 Å². The Labute approximate surface area is 365 Å². The van der Waals surface area contributed by atoms with Crippen LogP contribution < -0.4 is 16.0 Å². The number of likely N-dealkylation sites (tertiary alicyclic amines) is 1. The minimum absolute atomic E-state index is 0.0609. The van der Waals surface area contributed by atoms with E-state index in [-0.39, 0.29) is 64.9 Å². The van der Waals surface area contributed by atoms with Gasteiger partial charge in [0.1, 0.15) is 10.9 Å². The lowest BCUT2D eigenvalue weighted by Crippen LogP contribution is -2.54. The Morgan fingerprint density at radius 2 is 1.61 bits per heavy atom. The number of hydrogen-bond donors (Lipinski definition) is 4. The summed E-state index contributed by atoms with van der Waals surface area (Å²) in [6.45, 7) is 5.98. The zero-order valence-corrected chi connectivity index (χ0v) is 36.2. The molecule has 1 atom stereocenters. The molecule has 2 aliphatic carbocycles. The van der Waals surface area contributed by atoms with E-state index in [0.717, 1.165) is 88.0 Å². The van der Waals surface area contributed by atoms with Gasteiger partial charge in [-0.2, -0.15) is 5.10 Å². The first-order chi connectivity index (χ1) is 29.9. The standard InChI is InChI=1S/C45H50F5N7O6S/c1-44(2,63)33-21-35-28(20-36(33)52-40(59)27-5-3-6-31(19-27)64(46,47,48,49)50)25-56(54-35)30-11-9-26(10-12-30)24-55-17-15-45(16-18-55)22-29(23-45)51-34-8-4-7-32-39(34)43(62)57(42(32)61)37-13-14-38(58)53-41(37)60/h3-8,19-21,25-26,29-30,37,51,63H,9-18,22-24H2,1-2H3,(H,52,59)(H,53,58,60). The molecule has 4 aromatic rings. The van der Waals surface area contributed by atoms with E-state index in [9.17, 15) is 48.5 Å². The fourth-order valence-electron chi connectivity index (χ4n) is 10.5. The van der Waals surface area contributed by atoms with Crippen molar-refractivity contribution in [3.8, 4) is 0 Å². The number of aliphatic hydroxyl groups is 1. The van der Waals surface area contributed by atoms with Gasteiger partial charge in [0.25, 0.3) is 17.7 Å². The largest absolute Gasteiger partial charge is 0.386 e. The van der Waals surface area contributed by atoms with E-state index in [1.54, 1.807) is 30.3 Å². The molecule has 3 aromatic carbocycles. The van der Waals surface area contributed by atoms with Crippen molar-refractivity contribution >= 4 is 62.0 Å². The van der Waals surface area contributed by atoms with E-state index >= 15 is 0 Å². The molecule has 4 fully saturated rings. The second-order valence-corrected chi connectivity index (χ2v) is 21.4. The molecule has 3 aliphatic heterocycles. The van der Waals surface area contributed by atoms with Crippen LogP contribution >= 0.6 is 10.2 Å². The molecule has 19 heteroatoms. The number of aromatic nitrogens is 2. The maximum Gasteiger partial charge on any atom is 0.310 e. The van der Waals surface area contributed by atoms with Crippen molar-refractivity contribution in [2.45, 2.75) is 107 Å². The highest BCUT2D eigenvalue weighted by atomic mass is 32.5. The van der Waals surface area contributed by atoms with Gasteiger partial charge in [0, 0.05) is 53.1 Å². The van der Waals surface area contributed by atoms with Crippen molar-refractivity contribution in [1.29, 1.82) is 0 Å². The summed E-state index contributed by atoms with van der Waals surface area (Å²) in [4.78, 5) is 65.6. The number of hydrogen-bond acceptors (Lipinski definition) is 9. The summed E-state index contributed by atoms with van der Waals surface area (Å²) < 4.78 is 69.4. The van der Waals surface area contributed by atoms with Crippen LogP contribution in [0.15, 0.2) is 65.7 Å². The fourth-order valence-corrected chi connectivity index (χ4v) is 11.2. The number of halogens is 5. The number of amides is 5. The molecule has 1 aromatic heterocycles. The van der Waals surface area contributed by atoms with Crippen LogP contribution in [0.3, 0.4) is 0 Å². The lowest BCUT2D eigenvalue weighted by molar-refractivity contribution is -0.136. The second-order valence-electron chi connectivity index (χ2n) is 19.0. The molecule has 0 radical (unpaired) electrons. The van der Waals surface area contributed by atoms with Gasteiger partial charge in [0.2, 0.25) is 11.8 Å². The maximum absolute atomic E-state index is 13.6. The van der Waals surface area contributed by atoms with E-state index in [4.69, 9.17) is 5.10 Å². The van der Waals surface area contributed by atoms with Crippen LogP contribution in [0.1, 0.15) is 121 Å². The summed E-state index contributed by atoms with van der Waals surface area (Å²) >= 11 is 0. The number of nitrogens with zero attached hydrogens (tertiary/aromatic N) is 4. The molecule has 5 amide bonds. The summed E-state index contributed by atoms with van der Waals surface area (Å²) in [6, 6.07) is 9.73. The Morgan fingerprint density at radius 3 is 2.28 bits per heavy atom. The molecule has 342 valence electrons. The number of piperidine rings is 2. The summed E-state index contributed by atoms with van der Waals surface area (Å²) in [5.74, 6) is -2.61. The Bertz CT molecular complexity index is 2610. The number of carbonyl (C=O) groups excluding carboxylic acids is 5. The Kier molecular flexibility index (Phi) is 10.1. The van der Waals surface area contributed by atoms with Crippen LogP contribution in [0.5, 0.6) is 0 Å². The predicted molar refractivity (Wildman–Crippen MR) is 230 cm³/mol. The normalized spacial score (nSPS) is 24.2. The number of nitrogens with one attached hydrogen (secondary N) is 3. The number of anilines is 2. The van der Waals surface area contributed by atoms with Gasteiger partial charge in [-0.25, -0.2) is 0 Å². The van der Waals surface area contributed by atoms with E-state index in [2.05, 4.69) is 20.9 Å². The van der Waals surface area contributed by atoms with Crippen LogP contribution in [0.4, 0.5) is 30.8 Å². The number of fused-ring (bicyclic) bond motifs is 2. The third-order valence-corrected chi connectivity index (χ3v) is 15.1. The van der Waals surface area contributed by atoms with Gasteiger partial charge in [0.15, 0.2) is 0 Å². The highest BCUT2D eigenvalue weighted by Crippen LogP contribution is 3.02. The molecule has 2 saturated carbocycles. The summed E-state index contributed by atoms with van der Waals surface area (Å²) in [7, 11) is -10.0. The molecule has 9 rings (SSSR count). The molecular formula is C45H50F5N7O6S. The first kappa shape index (κ1) is 43.8. The molecule has 1 unspecified atom stereocenters. The van der Waals surface area contributed by atoms with Gasteiger partial charge in [0.05, 0.1) is 28.3 Å². The molecule has 5 aliphatic rings. The summed E-state index contributed by atoms with van der Waals surface area (Å²) in [6.07, 6.45) is 9.87. The van der Waals surface area contributed by atoms with Crippen LogP contribution in [0.25, 0.3) is 10.9 Å². The SMILES string of the molecule is CC(C)(O)c1cc2nn(C3CCC(CN4CCC5(CC4)CC(Nc4cccc6c4C(=O)N(C4CCC(=O)NC4=O)C6=O)C5)CC3)cc2cc1NC(=O)c1cccc(S(F)(F)(F)(F)F)c1. The van der Waals surface area contributed by atoms with Crippen LogP contribution in [0.2, 0.25) is 0 Å². The average Bonchev–Trinajstić information content (AvgIpc) is 3.74. The maximum atomic E-state index is 13.6. The Morgan fingerprint density at radius 1 is 0.906 bits per heavy atom. The van der Waals surface area contributed by atoms with Gasteiger partial charge in [-0.05, 0) is 139 Å². The Balaban J connectivity index is 0.772. The highest BCUT2D eigenvalue weighted by Gasteiger charge is 2.65. The van der Waals surface area contributed by atoms with E-state index in [1.165, 1.54) is 13.8 Å². The van der Waals surface area contributed by atoms with E-state index < -0.39 is 61.9 Å². The third kappa shape index (κ3) is 8.49. The number of benzene rings is 3. The Hall–Kier alpha value is -5.40. The van der Waals surface area contributed by atoms with Gasteiger partial charge < -0.3 is 20.6 Å². The molecule has 4 N–H and O–H groups in total.